The van der Waals surface area contributed by atoms with Crippen molar-refractivity contribution in [3.63, 3.8) is 0 Å². The largest absolute Gasteiger partial charge is 0.496 e. The number of rotatable bonds is 5. The van der Waals surface area contributed by atoms with Crippen LogP contribution in [0.2, 0.25) is 0 Å². The van der Waals surface area contributed by atoms with Crippen LogP contribution in [-0.2, 0) is 13.0 Å². The lowest BCUT2D eigenvalue weighted by Gasteiger charge is -2.20. The predicted molar refractivity (Wildman–Crippen MR) is 90.1 cm³/mol. The smallest absolute Gasteiger partial charge is 0.129 e. The summed E-state index contributed by atoms with van der Waals surface area (Å²) in [5, 5.41) is 4.58. The van der Waals surface area contributed by atoms with Gasteiger partial charge in [0.25, 0.3) is 0 Å². The van der Waals surface area contributed by atoms with Crippen molar-refractivity contribution in [1.29, 1.82) is 0 Å². The fraction of sp³-hybridized carbons (Fsp3) is 0.471. The zero-order valence-corrected chi connectivity index (χ0v) is 14.3. The first-order valence-electron chi connectivity index (χ1n) is 7.31. The summed E-state index contributed by atoms with van der Waals surface area (Å²) in [7, 11) is 1.70. The van der Waals surface area contributed by atoms with Crippen molar-refractivity contribution in [2.45, 2.75) is 46.2 Å². The van der Waals surface area contributed by atoms with Gasteiger partial charge in [0.1, 0.15) is 10.8 Å². The van der Waals surface area contributed by atoms with E-state index in [0.29, 0.717) is 0 Å². The molecule has 1 N–H and O–H groups in total. The van der Waals surface area contributed by atoms with Gasteiger partial charge in [0, 0.05) is 17.0 Å². The molecule has 3 nitrogen and oxygen atoms in total. The molecule has 2 aromatic rings. The fourth-order valence-corrected chi connectivity index (χ4v) is 3.20. The zero-order chi connectivity index (χ0) is 15.5. The van der Waals surface area contributed by atoms with E-state index in [4.69, 9.17) is 9.72 Å². The molecule has 0 amide bonds. The minimum atomic E-state index is 0.111. The average molecular weight is 304 g/mol. The number of methoxy groups -OCH3 is 1. The van der Waals surface area contributed by atoms with E-state index in [2.05, 4.69) is 39.1 Å². The number of para-hydroxylation sites is 1. The number of thiazole rings is 1. The second-order valence-electron chi connectivity index (χ2n) is 6.05. The first-order valence-corrected chi connectivity index (χ1v) is 8.13. The van der Waals surface area contributed by atoms with Crippen LogP contribution in [0.15, 0.2) is 24.3 Å². The Bertz CT molecular complexity index is 599. The Morgan fingerprint density at radius 1 is 1.24 bits per heavy atom. The Morgan fingerprint density at radius 2 is 1.95 bits per heavy atom. The van der Waals surface area contributed by atoms with Crippen molar-refractivity contribution in [3.8, 4) is 16.3 Å². The van der Waals surface area contributed by atoms with Gasteiger partial charge in [-0.1, -0.05) is 19.1 Å². The van der Waals surface area contributed by atoms with Crippen molar-refractivity contribution in [2.24, 2.45) is 0 Å². The third kappa shape index (κ3) is 4.05. The molecular weight excluding hydrogens is 280 g/mol. The number of benzene rings is 1. The van der Waals surface area contributed by atoms with E-state index < -0.39 is 0 Å². The van der Waals surface area contributed by atoms with Crippen LogP contribution in [-0.4, -0.2) is 17.6 Å². The first kappa shape index (κ1) is 16.0. The molecule has 114 valence electrons. The first-order chi connectivity index (χ1) is 9.94. The summed E-state index contributed by atoms with van der Waals surface area (Å²) >= 11 is 1.75. The molecule has 2 rings (SSSR count). The van der Waals surface area contributed by atoms with E-state index in [9.17, 15) is 0 Å². The minimum absolute atomic E-state index is 0.111. The maximum absolute atomic E-state index is 5.45. The minimum Gasteiger partial charge on any atom is -0.496 e. The lowest BCUT2D eigenvalue weighted by atomic mass is 10.1. The standard InChI is InChI=1S/C17H24N2OS/c1-6-13-15(11-18-17(2,3)4)21-16(19-13)12-9-7-8-10-14(12)20-5/h7-10,18H,6,11H2,1-5H3. The monoisotopic (exact) mass is 304 g/mol. The zero-order valence-electron chi connectivity index (χ0n) is 13.5. The summed E-state index contributed by atoms with van der Waals surface area (Å²) in [5.41, 5.74) is 2.36. The third-order valence-electron chi connectivity index (χ3n) is 3.23. The maximum atomic E-state index is 5.45. The van der Waals surface area contributed by atoms with E-state index >= 15 is 0 Å². The normalized spacial score (nSPS) is 11.7. The highest BCUT2D eigenvalue weighted by atomic mass is 32.1. The van der Waals surface area contributed by atoms with Crippen LogP contribution in [0.3, 0.4) is 0 Å². The maximum Gasteiger partial charge on any atom is 0.129 e. The van der Waals surface area contributed by atoms with Crippen LogP contribution in [0.1, 0.15) is 38.3 Å². The lowest BCUT2D eigenvalue weighted by molar-refractivity contribution is 0.416. The second kappa shape index (κ2) is 6.58. The Labute approximate surface area is 131 Å². The molecule has 0 saturated carbocycles. The third-order valence-corrected chi connectivity index (χ3v) is 4.36. The van der Waals surface area contributed by atoms with Gasteiger partial charge >= 0.3 is 0 Å². The molecule has 0 atom stereocenters. The van der Waals surface area contributed by atoms with Gasteiger partial charge in [-0.15, -0.1) is 11.3 Å². The number of nitrogens with zero attached hydrogens (tertiary/aromatic N) is 1. The van der Waals surface area contributed by atoms with E-state index in [0.717, 1.165) is 29.3 Å². The molecule has 0 fully saturated rings. The predicted octanol–water partition coefficient (Wildman–Crippen LogP) is 4.27. The molecule has 0 saturated heterocycles. The van der Waals surface area contributed by atoms with Crippen LogP contribution in [0.5, 0.6) is 5.75 Å². The molecule has 1 heterocycles. The van der Waals surface area contributed by atoms with Crippen LogP contribution < -0.4 is 10.1 Å². The van der Waals surface area contributed by atoms with Gasteiger partial charge in [0.2, 0.25) is 0 Å². The van der Waals surface area contributed by atoms with E-state index in [1.807, 2.05) is 18.2 Å². The van der Waals surface area contributed by atoms with Crippen molar-refractivity contribution < 1.29 is 4.74 Å². The number of nitrogens with one attached hydrogen (secondary N) is 1. The molecule has 0 unspecified atom stereocenters. The van der Waals surface area contributed by atoms with Crippen LogP contribution in [0.4, 0.5) is 0 Å². The van der Waals surface area contributed by atoms with Crippen molar-refractivity contribution >= 4 is 11.3 Å². The highest BCUT2D eigenvalue weighted by Crippen LogP contribution is 2.34. The van der Waals surface area contributed by atoms with Crippen molar-refractivity contribution in [3.05, 3.63) is 34.8 Å². The molecular formula is C17H24N2OS. The summed E-state index contributed by atoms with van der Waals surface area (Å²) in [6, 6.07) is 8.06. The average Bonchev–Trinajstić information content (AvgIpc) is 2.87. The summed E-state index contributed by atoms with van der Waals surface area (Å²) in [6.45, 7) is 9.56. The van der Waals surface area contributed by atoms with Gasteiger partial charge in [-0.2, -0.15) is 0 Å². The number of hydrogen-bond acceptors (Lipinski definition) is 4. The summed E-state index contributed by atoms with van der Waals surface area (Å²) < 4.78 is 5.45. The molecule has 21 heavy (non-hydrogen) atoms. The second-order valence-corrected chi connectivity index (χ2v) is 7.13. The highest BCUT2D eigenvalue weighted by Gasteiger charge is 2.16. The quantitative estimate of drug-likeness (QED) is 0.895. The van der Waals surface area contributed by atoms with Gasteiger partial charge < -0.3 is 10.1 Å². The van der Waals surface area contributed by atoms with Gasteiger partial charge in [-0.3, -0.25) is 0 Å². The molecule has 0 radical (unpaired) electrons. The van der Waals surface area contributed by atoms with E-state index in [1.165, 1.54) is 10.6 Å². The van der Waals surface area contributed by atoms with E-state index in [-0.39, 0.29) is 5.54 Å². The summed E-state index contributed by atoms with van der Waals surface area (Å²) in [4.78, 5) is 6.12. The number of ether oxygens (including phenoxy) is 1. The van der Waals surface area contributed by atoms with Gasteiger partial charge in [0.05, 0.1) is 18.4 Å². The topological polar surface area (TPSA) is 34.1 Å². The highest BCUT2D eigenvalue weighted by molar-refractivity contribution is 7.15. The Morgan fingerprint density at radius 3 is 2.57 bits per heavy atom. The van der Waals surface area contributed by atoms with Gasteiger partial charge in [0.15, 0.2) is 0 Å². The molecule has 0 spiro atoms. The Kier molecular flexibility index (Phi) is 5.01. The number of aryl methyl sites for hydroxylation is 1. The SMILES string of the molecule is CCc1nc(-c2ccccc2OC)sc1CNC(C)(C)C. The summed E-state index contributed by atoms with van der Waals surface area (Å²) in [5.74, 6) is 0.879. The lowest BCUT2D eigenvalue weighted by Crippen LogP contribution is -2.35. The molecule has 1 aromatic heterocycles. The van der Waals surface area contributed by atoms with Crippen molar-refractivity contribution in [2.75, 3.05) is 7.11 Å². The van der Waals surface area contributed by atoms with E-state index in [1.54, 1.807) is 18.4 Å². The number of hydrogen-bond donors (Lipinski definition) is 1. The van der Waals surface area contributed by atoms with Crippen LogP contribution in [0, 0.1) is 0 Å². The number of aromatic nitrogens is 1. The van der Waals surface area contributed by atoms with Gasteiger partial charge in [-0.05, 0) is 39.3 Å². The van der Waals surface area contributed by atoms with Crippen LogP contribution in [0.25, 0.3) is 10.6 Å². The fourth-order valence-electron chi connectivity index (χ4n) is 2.08. The van der Waals surface area contributed by atoms with Gasteiger partial charge in [-0.25, -0.2) is 4.98 Å². The molecule has 4 heteroatoms. The Hall–Kier alpha value is -1.39. The molecule has 0 aliphatic heterocycles. The molecule has 0 bridgehead atoms. The Balaban J connectivity index is 2.32. The summed E-state index contributed by atoms with van der Waals surface area (Å²) in [6.07, 6.45) is 0.951. The molecule has 0 aliphatic rings. The van der Waals surface area contributed by atoms with Crippen LogP contribution >= 0.6 is 11.3 Å². The molecule has 0 aliphatic carbocycles. The van der Waals surface area contributed by atoms with Crippen molar-refractivity contribution in [1.82, 2.24) is 10.3 Å². The molecule has 1 aromatic carbocycles.